The first-order chi connectivity index (χ1) is 16.6. The van der Waals surface area contributed by atoms with Crippen LogP contribution in [0.15, 0.2) is 48.6 Å². The van der Waals surface area contributed by atoms with Gasteiger partial charge in [0.25, 0.3) is 5.91 Å². The number of amides is 3. The number of fused-ring (bicyclic) bond motifs is 1. The number of likely N-dealkylation sites (tertiary alicyclic amines) is 1. The fraction of sp³-hybridized carbons (Fsp3) is 0.423. The van der Waals surface area contributed by atoms with Gasteiger partial charge in [-0.3, -0.25) is 19.3 Å². The third-order valence-corrected chi connectivity index (χ3v) is 6.36. The van der Waals surface area contributed by atoms with Crippen LogP contribution >= 0.6 is 0 Å². The van der Waals surface area contributed by atoms with E-state index in [1.807, 2.05) is 63.3 Å². The second-order valence-corrected chi connectivity index (χ2v) is 9.95. The molecule has 9 heteroatoms. The Hall–Kier alpha value is -3.75. The van der Waals surface area contributed by atoms with Crippen LogP contribution in [0.3, 0.4) is 0 Å². The third kappa shape index (κ3) is 4.89. The molecule has 1 aliphatic heterocycles. The van der Waals surface area contributed by atoms with Crippen molar-refractivity contribution in [1.29, 1.82) is 0 Å². The number of nitrogens with one attached hydrogen (secondary N) is 1. The topological polar surface area (TPSA) is 111 Å². The minimum Gasteiger partial charge on any atom is -0.454 e. The van der Waals surface area contributed by atoms with E-state index in [1.54, 1.807) is 10.7 Å². The number of aromatic nitrogens is 2. The molecule has 0 bridgehead atoms. The third-order valence-electron chi connectivity index (χ3n) is 6.36. The van der Waals surface area contributed by atoms with E-state index in [2.05, 4.69) is 10.4 Å². The minimum absolute atomic E-state index is 0.247. The van der Waals surface area contributed by atoms with Crippen molar-refractivity contribution in [2.45, 2.75) is 52.0 Å². The summed E-state index contributed by atoms with van der Waals surface area (Å²) in [5.41, 5.74) is 1.30. The molecule has 2 aliphatic rings. The van der Waals surface area contributed by atoms with Crippen LogP contribution in [-0.2, 0) is 29.3 Å². The van der Waals surface area contributed by atoms with Crippen molar-refractivity contribution >= 4 is 29.5 Å². The predicted molar refractivity (Wildman–Crippen MR) is 129 cm³/mol. The Morgan fingerprint density at radius 3 is 2.26 bits per heavy atom. The Morgan fingerprint density at radius 1 is 1.09 bits per heavy atom. The van der Waals surface area contributed by atoms with Crippen molar-refractivity contribution in [3.05, 3.63) is 54.2 Å². The average molecular weight is 479 g/mol. The number of carbonyl (C=O) groups excluding carboxylic acids is 4. The molecule has 1 fully saturated rings. The molecule has 0 radical (unpaired) electrons. The first kappa shape index (κ1) is 24.4. The van der Waals surface area contributed by atoms with Gasteiger partial charge in [-0.15, -0.1) is 0 Å². The van der Waals surface area contributed by atoms with E-state index in [0.29, 0.717) is 18.7 Å². The first-order valence-corrected chi connectivity index (χ1v) is 11.7. The number of rotatable bonds is 6. The molecule has 2 heterocycles. The smallest absolute Gasteiger partial charge is 0.329 e. The highest BCUT2D eigenvalue weighted by molar-refractivity contribution is 6.08. The fourth-order valence-electron chi connectivity index (χ4n) is 4.35. The summed E-state index contributed by atoms with van der Waals surface area (Å²) in [6.07, 6.45) is 4.74. The molecular weight excluding hydrogens is 448 g/mol. The van der Waals surface area contributed by atoms with Crippen molar-refractivity contribution in [3.63, 3.8) is 0 Å². The number of hydrogen-bond donors (Lipinski definition) is 1. The van der Waals surface area contributed by atoms with Crippen LogP contribution in [0.4, 0.5) is 5.82 Å². The van der Waals surface area contributed by atoms with Crippen LogP contribution in [0.25, 0.3) is 5.69 Å². The van der Waals surface area contributed by atoms with Gasteiger partial charge in [0, 0.05) is 11.5 Å². The molecule has 4 rings (SSSR count). The lowest BCUT2D eigenvalue weighted by Crippen LogP contribution is -2.45. The van der Waals surface area contributed by atoms with Crippen LogP contribution < -0.4 is 5.32 Å². The van der Waals surface area contributed by atoms with E-state index in [0.717, 1.165) is 16.3 Å². The summed E-state index contributed by atoms with van der Waals surface area (Å²) in [4.78, 5) is 51.7. The zero-order valence-electron chi connectivity index (χ0n) is 20.4. The molecule has 3 atom stereocenters. The minimum atomic E-state index is -1.10. The van der Waals surface area contributed by atoms with E-state index in [9.17, 15) is 19.2 Å². The van der Waals surface area contributed by atoms with Crippen molar-refractivity contribution in [1.82, 2.24) is 14.7 Å². The number of carbonyl (C=O) groups is 4. The van der Waals surface area contributed by atoms with E-state index >= 15 is 0 Å². The largest absolute Gasteiger partial charge is 0.454 e. The van der Waals surface area contributed by atoms with Crippen LogP contribution in [-0.4, -0.2) is 51.0 Å². The highest BCUT2D eigenvalue weighted by atomic mass is 16.5. The molecular formula is C26H30N4O5. The van der Waals surface area contributed by atoms with Gasteiger partial charge in [0.1, 0.15) is 11.9 Å². The lowest BCUT2D eigenvalue weighted by atomic mass is 9.85. The standard InChI is InChI=1S/C26H30N4O5/c1-16(29-23(32)18-12-8-9-13-19(18)24(29)33)25(34)35-15-22(31)27-21-14-20(26(2,3)4)28-30(21)17-10-6-5-7-11-17/h5-11,14,16,18-19H,12-13,15H2,1-4H3,(H,27,31)/t16-,18-,19+/m0/s1. The highest BCUT2D eigenvalue weighted by Gasteiger charge is 2.50. The van der Waals surface area contributed by atoms with Crippen molar-refractivity contribution in [2.75, 3.05) is 11.9 Å². The molecule has 35 heavy (non-hydrogen) atoms. The Labute approximate surface area is 204 Å². The van der Waals surface area contributed by atoms with E-state index in [4.69, 9.17) is 4.74 Å². The summed E-state index contributed by atoms with van der Waals surface area (Å²) in [6.45, 7) is 6.95. The molecule has 184 valence electrons. The number of nitrogens with zero attached hydrogens (tertiary/aromatic N) is 3. The molecule has 1 N–H and O–H groups in total. The molecule has 1 aliphatic carbocycles. The SMILES string of the molecule is C[C@@H](C(=O)OCC(=O)Nc1cc(C(C)(C)C)nn1-c1ccccc1)N1C(=O)[C@H]2CC=CC[C@H]2C1=O. The van der Waals surface area contributed by atoms with Crippen molar-refractivity contribution in [2.24, 2.45) is 11.8 Å². The number of anilines is 1. The quantitative estimate of drug-likeness (QED) is 0.388. The Balaban J connectivity index is 1.41. The average Bonchev–Trinajstić information content (AvgIpc) is 3.37. The van der Waals surface area contributed by atoms with Gasteiger partial charge in [0.05, 0.1) is 23.2 Å². The van der Waals surface area contributed by atoms with E-state index < -0.39 is 36.4 Å². The van der Waals surface area contributed by atoms with Gasteiger partial charge in [-0.2, -0.15) is 5.10 Å². The summed E-state index contributed by atoms with van der Waals surface area (Å²) in [6, 6.07) is 10.0. The molecule has 0 saturated carbocycles. The maximum Gasteiger partial charge on any atom is 0.329 e. The molecule has 0 spiro atoms. The lowest BCUT2D eigenvalue weighted by Gasteiger charge is -2.21. The molecule has 9 nitrogen and oxygen atoms in total. The number of imide groups is 1. The maximum atomic E-state index is 12.7. The molecule has 0 unspecified atom stereocenters. The first-order valence-electron chi connectivity index (χ1n) is 11.7. The summed E-state index contributed by atoms with van der Waals surface area (Å²) >= 11 is 0. The van der Waals surface area contributed by atoms with Gasteiger partial charge < -0.3 is 10.1 Å². The summed E-state index contributed by atoms with van der Waals surface area (Å²) in [5.74, 6) is -2.50. The highest BCUT2D eigenvalue weighted by Crippen LogP contribution is 2.36. The number of benzene rings is 1. The Morgan fingerprint density at radius 2 is 1.69 bits per heavy atom. The van der Waals surface area contributed by atoms with E-state index in [1.165, 1.54) is 6.92 Å². The number of hydrogen-bond acceptors (Lipinski definition) is 6. The van der Waals surface area contributed by atoms with E-state index in [-0.39, 0.29) is 17.2 Å². The molecule has 1 aromatic heterocycles. The maximum absolute atomic E-state index is 12.7. The zero-order chi connectivity index (χ0) is 25.3. The second kappa shape index (κ2) is 9.48. The van der Waals surface area contributed by atoms with Crippen LogP contribution in [0.5, 0.6) is 0 Å². The van der Waals surface area contributed by atoms with Crippen LogP contribution in [0, 0.1) is 11.8 Å². The molecule has 3 amide bonds. The Kier molecular flexibility index (Phi) is 6.60. The number of ether oxygens (including phenoxy) is 1. The van der Waals surface area contributed by atoms with Gasteiger partial charge in [-0.05, 0) is 31.9 Å². The van der Waals surface area contributed by atoms with Gasteiger partial charge in [-0.25, -0.2) is 9.48 Å². The summed E-state index contributed by atoms with van der Waals surface area (Å²) in [5, 5.41) is 7.39. The zero-order valence-corrected chi connectivity index (χ0v) is 20.4. The second-order valence-electron chi connectivity index (χ2n) is 9.95. The lowest BCUT2D eigenvalue weighted by molar-refractivity contribution is -0.159. The Bertz CT molecular complexity index is 1150. The molecule has 1 aromatic carbocycles. The normalized spacial score (nSPS) is 20.5. The van der Waals surface area contributed by atoms with Crippen molar-refractivity contribution in [3.8, 4) is 5.69 Å². The van der Waals surface area contributed by atoms with Crippen LogP contribution in [0.2, 0.25) is 0 Å². The number of para-hydroxylation sites is 1. The summed E-state index contributed by atoms with van der Waals surface area (Å²) < 4.78 is 6.80. The predicted octanol–water partition coefficient (Wildman–Crippen LogP) is 2.99. The molecule has 2 aromatic rings. The monoisotopic (exact) mass is 478 g/mol. The molecule has 1 saturated heterocycles. The number of allylic oxidation sites excluding steroid dienone is 2. The fourth-order valence-corrected chi connectivity index (χ4v) is 4.35. The number of esters is 1. The van der Waals surface area contributed by atoms with Gasteiger partial charge in [-0.1, -0.05) is 51.1 Å². The van der Waals surface area contributed by atoms with Crippen molar-refractivity contribution < 1.29 is 23.9 Å². The van der Waals surface area contributed by atoms with Gasteiger partial charge in [0.15, 0.2) is 6.61 Å². The summed E-state index contributed by atoms with van der Waals surface area (Å²) in [7, 11) is 0. The van der Waals surface area contributed by atoms with Crippen LogP contribution in [0.1, 0.15) is 46.2 Å². The van der Waals surface area contributed by atoms with Gasteiger partial charge >= 0.3 is 5.97 Å². The van der Waals surface area contributed by atoms with Gasteiger partial charge in [0.2, 0.25) is 11.8 Å².